The Labute approximate surface area is 160 Å². The van der Waals surface area contributed by atoms with Crippen LogP contribution in [0.15, 0.2) is 41.4 Å². The number of halogens is 3. The molecular formula is C18H18F3N3O3S. The van der Waals surface area contributed by atoms with Crippen molar-refractivity contribution < 1.29 is 26.4 Å². The smallest absolute Gasteiger partial charge is 0.310 e. The molecule has 0 bridgehead atoms. The summed E-state index contributed by atoms with van der Waals surface area (Å²) in [6.07, 6.45) is -3.66. The fourth-order valence-corrected chi connectivity index (χ4v) is 4.36. The van der Waals surface area contributed by atoms with Gasteiger partial charge in [0.05, 0.1) is 11.4 Å². The number of nitrogens with zero attached hydrogens (tertiary/aromatic N) is 3. The quantitative estimate of drug-likeness (QED) is 0.776. The number of amides is 1. The van der Waals surface area contributed by atoms with E-state index in [0.717, 1.165) is 32.6 Å². The van der Waals surface area contributed by atoms with Gasteiger partial charge in [0.1, 0.15) is 5.69 Å². The van der Waals surface area contributed by atoms with Gasteiger partial charge in [-0.1, -0.05) is 6.07 Å². The summed E-state index contributed by atoms with van der Waals surface area (Å²) in [6.45, 7) is 3.13. The van der Waals surface area contributed by atoms with E-state index in [-0.39, 0.29) is 23.7 Å². The number of carbonyl (C=O) groups excluding carboxylic acids is 1. The molecule has 1 amide bonds. The van der Waals surface area contributed by atoms with Gasteiger partial charge in [-0.05, 0) is 49.2 Å². The van der Waals surface area contributed by atoms with Gasteiger partial charge in [0.2, 0.25) is 15.9 Å². The summed E-state index contributed by atoms with van der Waals surface area (Å²) in [7, 11) is -3.88. The third kappa shape index (κ3) is 3.88. The molecule has 1 aliphatic rings. The number of rotatable bonds is 3. The minimum atomic E-state index is -4.63. The Morgan fingerprint density at radius 1 is 1.04 bits per heavy atom. The van der Waals surface area contributed by atoms with Crippen LogP contribution in [-0.2, 0) is 21.0 Å². The van der Waals surface area contributed by atoms with Gasteiger partial charge in [-0.15, -0.1) is 0 Å². The first-order valence-electron chi connectivity index (χ1n) is 8.41. The summed E-state index contributed by atoms with van der Waals surface area (Å²) in [6, 6.07) is 6.79. The number of hydrogen-bond donors (Lipinski definition) is 0. The van der Waals surface area contributed by atoms with Gasteiger partial charge in [-0.25, -0.2) is 8.42 Å². The number of benzene rings is 1. The maximum absolute atomic E-state index is 12.8. The molecule has 0 spiro atoms. The van der Waals surface area contributed by atoms with Crippen molar-refractivity contribution in [3.05, 3.63) is 53.3 Å². The van der Waals surface area contributed by atoms with Gasteiger partial charge in [-0.2, -0.15) is 17.5 Å². The second kappa shape index (κ2) is 7.17. The number of hydrogen-bond acceptors (Lipinski definition) is 4. The lowest BCUT2D eigenvalue weighted by Crippen LogP contribution is -2.52. The number of anilines is 1. The molecule has 1 fully saturated rings. The highest BCUT2D eigenvalue weighted by Gasteiger charge is 2.36. The predicted molar refractivity (Wildman–Crippen MR) is 96.3 cm³/mol. The lowest BCUT2D eigenvalue weighted by Gasteiger charge is -2.33. The summed E-state index contributed by atoms with van der Waals surface area (Å²) in [5.41, 5.74) is 0.680. The molecule has 2 heterocycles. The van der Waals surface area contributed by atoms with Gasteiger partial charge in [0.25, 0.3) is 0 Å². The van der Waals surface area contributed by atoms with Crippen LogP contribution in [0, 0.1) is 13.8 Å². The summed E-state index contributed by atoms with van der Waals surface area (Å²) in [5.74, 6) is -0.599. The second-order valence-electron chi connectivity index (χ2n) is 6.53. The Kier molecular flexibility index (Phi) is 5.20. The van der Waals surface area contributed by atoms with E-state index >= 15 is 0 Å². The van der Waals surface area contributed by atoms with Crippen LogP contribution in [0.5, 0.6) is 0 Å². The molecule has 3 rings (SSSR count). The first kappa shape index (κ1) is 20.3. The number of sulfonamides is 1. The highest BCUT2D eigenvalue weighted by molar-refractivity contribution is 7.89. The van der Waals surface area contributed by atoms with Crippen molar-refractivity contribution >= 4 is 21.6 Å². The molecule has 10 heteroatoms. The lowest BCUT2D eigenvalue weighted by atomic mass is 10.1. The van der Waals surface area contributed by atoms with Crippen LogP contribution in [0.2, 0.25) is 0 Å². The van der Waals surface area contributed by atoms with E-state index in [9.17, 15) is 26.4 Å². The largest absolute Gasteiger partial charge is 0.433 e. The van der Waals surface area contributed by atoms with Crippen LogP contribution in [0.1, 0.15) is 16.8 Å². The van der Waals surface area contributed by atoms with E-state index in [4.69, 9.17) is 0 Å². The highest BCUT2D eigenvalue weighted by Crippen LogP contribution is 2.30. The van der Waals surface area contributed by atoms with Crippen LogP contribution in [0.25, 0.3) is 0 Å². The minimum Gasteiger partial charge on any atom is -0.310 e. The highest BCUT2D eigenvalue weighted by atomic mass is 32.2. The number of piperazine rings is 1. The summed E-state index contributed by atoms with van der Waals surface area (Å²) in [5, 5.41) is 0. The Balaban J connectivity index is 1.82. The van der Waals surface area contributed by atoms with E-state index < -0.39 is 34.3 Å². The topological polar surface area (TPSA) is 70.6 Å². The molecule has 0 N–H and O–H groups in total. The third-order valence-electron chi connectivity index (χ3n) is 4.65. The van der Waals surface area contributed by atoms with Crippen molar-refractivity contribution in [1.82, 2.24) is 9.29 Å². The normalized spacial score (nSPS) is 16.5. The van der Waals surface area contributed by atoms with Gasteiger partial charge in [0.15, 0.2) is 0 Å². The number of pyridine rings is 1. The van der Waals surface area contributed by atoms with Crippen molar-refractivity contribution in [2.75, 3.05) is 24.5 Å². The van der Waals surface area contributed by atoms with Crippen LogP contribution in [0.3, 0.4) is 0 Å². The van der Waals surface area contributed by atoms with Crippen molar-refractivity contribution in [3.63, 3.8) is 0 Å². The molecule has 0 unspecified atom stereocenters. The number of alkyl halides is 3. The van der Waals surface area contributed by atoms with Crippen LogP contribution in [-0.4, -0.2) is 43.2 Å². The van der Waals surface area contributed by atoms with E-state index in [1.165, 1.54) is 12.1 Å². The van der Waals surface area contributed by atoms with E-state index in [1.54, 1.807) is 19.1 Å². The van der Waals surface area contributed by atoms with Crippen LogP contribution < -0.4 is 4.90 Å². The third-order valence-corrected chi connectivity index (χ3v) is 6.49. The van der Waals surface area contributed by atoms with Crippen LogP contribution in [0.4, 0.5) is 18.9 Å². The molecule has 150 valence electrons. The van der Waals surface area contributed by atoms with E-state index in [2.05, 4.69) is 4.98 Å². The number of carbonyl (C=O) groups is 1. The average molecular weight is 413 g/mol. The van der Waals surface area contributed by atoms with Gasteiger partial charge >= 0.3 is 6.18 Å². The molecule has 0 aliphatic carbocycles. The Hall–Kier alpha value is -2.46. The van der Waals surface area contributed by atoms with Crippen LogP contribution >= 0.6 is 0 Å². The first-order chi connectivity index (χ1) is 13.0. The van der Waals surface area contributed by atoms with Crippen molar-refractivity contribution in [3.8, 4) is 0 Å². The van der Waals surface area contributed by atoms with Gasteiger partial charge in [-0.3, -0.25) is 9.78 Å². The summed E-state index contributed by atoms with van der Waals surface area (Å²) < 4.78 is 65.2. The number of aryl methyl sites for hydroxylation is 2. The molecule has 1 aromatic carbocycles. The molecule has 0 saturated carbocycles. The molecule has 6 nitrogen and oxygen atoms in total. The number of aromatic nitrogens is 1. The average Bonchev–Trinajstić information content (AvgIpc) is 2.63. The standard InChI is InChI=1S/C18H18F3N3O3S/c1-12-3-4-15(9-13(12)2)28(26,27)23-7-8-24(17(25)11-23)14-5-6-22-16(10-14)18(19,20)21/h3-6,9-10H,7-8,11H2,1-2H3. The Morgan fingerprint density at radius 3 is 2.36 bits per heavy atom. The zero-order chi connectivity index (χ0) is 20.7. The molecular weight excluding hydrogens is 395 g/mol. The molecule has 0 radical (unpaired) electrons. The monoisotopic (exact) mass is 413 g/mol. The first-order valence-corrected chi connectivity index (χ1v) is 9.85. The van der Waals surface area contributed by atoms with Gasteiger partial charge < -0.3 is 4.90 Å². The minimum absolute atomic E-state index is 0.0231. The molecule has 1 aromatic heterocycles. The molecule has 28 heavy (non-hydrogen) atoms. The lowest BCUT2D eigenvalue weighted by molar-refractivity contribution is -0.141. The SMILES string of the molecule is Cc1ccc(S(=O)(=O)N2CCN(c3ccnc(C(F)(F)F)c3)C(=O)C2)cc1C. The zero-order valence-electron chi connectivity index (χ0n) is 15.2. The van der Waals surface area contributed by atoms with Crippen molar-refractivity contribution in [2.45, 2.75) is 24.9 Å². The molecule has 2 aromatic rings. The maximum atomic E-state index is 12.8. The van der Waals surface area contributed by atoms with Crippen molar-refractivity contribution in [1.29, 1.82) is 0 Å². The molecule has 1 saturated heterocycles. The zero-order valence-corrected chi connectivity index (χ0v) is 16.0. The van der Waals surface area contributed by atoms with Gasteiger partial charge in [0, 0.05) is 25.0 Å². The fraction of sp³-hybridized carbons (Fsp3) is 0.333. The van der Waals surface area contributed by atoms with E-state index in [0.29, 0.717) is 0 Å². The Morgan fingerprint density at radius 2 is 1.75 bits per heavy atom. The molecule has 0 atom stereocenters. The predicted octanol–water partition coefficient (Wildman–Crippen LogP) is 2.75. The fourth-order valence-electron chi connectivity index (χ4n) is 2.90. The maximum Gasteiger partial charge on any atom is 0.433 e. The second-order valence-corrected chi connectivity index (χ2v) is 8.47. The van der Waals surface area contributed by atoms with Crippen molar-refractivity contribution in [2.24, 2.45) is 0 Å². The summed E-state index contributed by atoms with van der Waals surface area (Å²) >= 11 is 0. The van der Waals surface area contributed by atoms with E-state index in [1.807, 2.05) is 6.92 Å². The Bertz CT molecular complexity index is 1020. The molecule has 1 aliphatic heterocycles. The summed E-state index contributed by atoms with van der Waals surface area (Å²) in [4.78, 5) is 17.0.